The van der Waals surface area contributed by atoms with Crippen LogP contribution in [0.3, 0.4) is 0 Å². The number of nitrogens with zero attached hydrogens (tertiary/aromatic N) is 3. The number of likely N-dealkylation sites (tertiary alicyclic amines) is 1. The SMILES string of the molecule is CN(CC1CCCN1C)C(=O)COc1ccc(C#N)cc1. The van der Waals surface area contributed by atoms with Gasteiger partial charge in [0.05, 0.1) is 11.6 Å². The number of hydrogen-bond acceptors (Lipinski definition) is 4. The van der Waals surface area contributed by atoms with Crippen LogP contribution in [0.25, 0.3) is 0 Å². The van der Waals surface area contributed by atoms with Crippen LogP contribution in [-0.2, 0) is 4.79 Å². The number of rotatable bonds is 5. The minimum absolute atomic E-state index is 0.0266. The number of ether oxygens (including phenoxy) is 1. The topological polar surface area (TPSA) is 56.6 Å². The van der Waals surface area contributed by atoms with Crippen molar-refractivity contribution in [2.24, 2.45) is 0 Å². The highest BCUT2D eigenvalue weighted by Gasteiger charge is 2.23. The highest BCUT2D eigenvalue weighted by Crippen LogP contribution is 2.16. The van der Waals surface area contributed by atoms with E-state index in [0.717, 1.165) is 19.5 Å². The Balaban J connectivity index is 1.79. The Morgan fingerprint density at radius 1 is 1.48 bits per heavy atom. The Kier molecular flexibility index (Phi) is 5.18. The van der Waals surface area contributed by atoms with Crippen molar-refractivity contribution in [1.82, 2.24) is 9.80 Å². The molecular formula is C16H21N3O2. The number of carbonyl (C=O) groups excluding carboxylic acids is 1. The molecule has 1 saturated heterocycles. The second-order valence-electron chi connectivity index (χ2n) is 5.48. The van der Waals surface area contributed by atoms with Gasteiger partial charge in [-0.15, -0.1) is 0 Å². The van der Waals surface area contributed by atoms with Gasteiger partial charge in [-0.2, -0.15) is 5.26 Å². The maximum Gasteiger partial charge on any atom is 0.260 e. The summed E-state index contributed by atoms with van der Waals surface area (Å²) in [5, 5.41) is 8.72. The van der Waals surface area contributed by atoms with Crippen LogP contribution in [0.5, 0.6) is 5.75 Å². The van der Waals surface area contributed by atoms with Gasteiger partial charge < -0.3 is 14.5 Å². The number of amides is 1. The first-order valence-corrected chi connectivity index (χ1v) is 7.17. The minimum atomic E-state index is -0.0281. The summed E-state index contributed by atoms with van der Waals surface area (Å²) in [6.07, 6.45) is 2.34. The first kappa shape index (κ1) is 15.3. The van der Waals surface area contributed by atoms with Crippen molar-refractivity contribution in [3.8, 4) is 11.8 Å². The monoisotopic (exact) mass is 287 g/mol. The molecule has 1 aromatic rings. The molecule has 0 aromatic heterocycles. The van der Waals surface area contributed by atoms with Crippen LogP contribution in [-0.4, -0.2) is 55.5 Å². The fourth-order valence-corrected chi connectivity index (χ4v) is 2.51. The van der Waals surface area contributed by atoms with Crippen molar-refractivity contribution in [3.63, 3.8) is 0 Å². The highest BCUT2D eigenvalue weighted by molar-refractivity contribution is 5.77. The summed E-state index contributed by atoms with van der Waals surface area (Å²) in [5.74, 6) is 0.577. The molecule has 1 aliphatic rings. The van der Waals surface area contributed by atoms with Crippen LogP contribution in [0.4, 0.5) is 0 Å². The van der Waals surface area contributed by atoms with E-state index in [9.17, 15) is 4.79 Å². The lowest BCUT2D eigenvalue weighted by Gasteiger charge is -2.25. The van der Waals surface area contributed by atoms with Crippen molar-refractivity contribution in [1.29, 1.82) is 5.26 Å². The first-order valence-electron chi connectivity index (χ1n) is 7.17. The second-order valence-corrected chi connectivity index (χ2v) is 5.48. The summed E-state index contributed by atoms with van der Waals surface area (Å²) in [4.78, 5) is 16.1. The standard InChI is InChI=1S/C16H21N3O2/c1-18-9-3-4-14(18)11-19(2)16(20)12-21-15-7-5-13(10-17)6-8-15/h5-8,14H,3-4,9,11-12H2,1-2H3. The van der Waals surface area contributed by atoms with Gasteiger partial charge in [0, 0.05) is 19.6 Å². The lowest BCUT2D eigenvalue weighted by atomic mass is 10.2. The Hall–Kier alpha value is -2.06. The fourth-order valence-electron chi connectivity index (χ4n) is 2.51. The number of hydrogen-bond donors (Lipinski definition) is 0. The molecule has 0 aliphatic carbocycles. The Labute approximate surface area is 125 Å². The van der Waals surface area contributed by atoms with Crippen LogP contribution >= 0.6 is 0 Å². The van der Waals surface area contributed by atoms with Gasteiger partial charge in [0.2, 0.25) is 0 Å². The third kappa shape index (κ3) is 4.20. The molecule has 112 valence electrons. The predicted molar refractivity (Wildman–Crippen MR) is 79.9 cm³/mol. The smallest absolute Gasteiger partial charge is 0.260 e. The van der Waals surface area contributed by atoms with Crippen LogP contribution in [0.15, 0.2) is 24.3 Å². The van der Waals surface area contributed by atoms with E-state index in [-0.39, 0.29) is 12.5 Å². The van der Waals surface area contributed by atoms with E-state index >= 15 is 0 Å². The zero-order valence-electron chi connectivity index (χ0n) is 12.6. The molecule has 0 N–H and O–H groups in total. The summed E-state index contributed by atoms with van der Waals surface area (Å²) in [7, 11) is 3.92. The zero-order chi connectivity index (χ0) is 15.2. The van der Waals surface area contributed by atoms with E-state index < -0.39 is 0 Å². The normalized spacial score (nSPS) is 18.2. The third-order valence-corrected chi connectivity index (χ3v) is 3.93. The summed E-state index contributed by atoms with van der Waals surface area (Å²) >= 11 is 0. The largest absolute Gasteiger partial charge is 0.484 e. The van der Waals surface area contributed by atoms with Gasteiger partial charge in [0.15, 0.2) is 6.61 Å². The average Bonchev–Trinajstić information content (AvgIpc) is 2.90. The summed E-state index contributed by atoms with van der Waals surface area (Å²) in [5.41, 5.74) is 0.579. The summed E-state index contributed by atoms with van der Waals surface area (Å²) in [6.45, 7) is 1.87. The minimum Gasteiger partial charge on any atom is -0.484 e. The molecule has 1 unspecified atom stereocenters. The molecule has 5 heteroatoms. The van der Waals surface area contributed by atoms with Gasteiger partial charge in [-0.05, 0) is 50.7 Å². The van der Waals surface area contributed by atoms with Crippen molar-refractivity contribution >= 4 is 5.91 Å². The quantitative estimate of drug-likeness (QED) is 0.823. The maximum absolute atomic E-state index is 12.1. The predicted octanol–water partition coefficient (Wildman–Crippen LogP) is 1.49. The molecule has 0 radical (unpaired) electrons. The van der Waals surface area contributed by atoms with Gasteiger partial charge in [-0.25, -0.2) is 0 Å². The molecule has 1 aromatic carbocycles. The van der Waals surface area contributed by atoms with Crippen LogP contribution in [0.1, 0.15) is 18.4 Å². The van der Waals surface area contributed by atoms with Crippen molar-refractivity contribution in [3.05, 3.63) is 29.8 Å². The van der Waals surface area contributed by atoms with E-state index in [4.69, 9.17) is 10.00 Å². The molecule has 1 atom stereocenters. The molecule has 1 heterocycles. The number of benzene rings is 1. The molecule has 21 heavy (non-hydrogen) atoms. The van der Waals surface area contributed by atoms with Crippen LogP contribution < -0.4 is 4.74 Å². The van der Waals surface area contributed by atoms with E-state index in [1.807, 2.05) is 13.1 Å². The maximum atomic E-state index is 12.1. The van der Waals surface area contributed by atoms with E-state index in [1.165, 1.54) is 6.42 Å². The van der Waals surface area contributed by atoms with Gasteiger partial charge in [0.1, 0.15) is 5.75 Å². The fraction of sp³-hybridized carbons (Fsp3) is 0.500. The molecule has 5 nitrogen and oxygen atoms in total. The lowest BCUT2D eigenvalue weighted by molar-refractivity contribution is -0.132. The van der Waals surface area contributed by atoms with Gasteiger partial charge in [0.25, 0.3) is 5.91 Å². The molecule has 1 amide bonds. The first-order chi connectivity index (χ1) is 10.1. The zero-order valence-corrected chi connectivity index (χ0v) is 12.6. The molecule has 0 spiro atoms. The Bertz CT molecular complexity index is 521. The highest BCUT2D eigenvalue weighted by atomic mass is 16.5. The number of likely N-dealkylation sites (N-methyl/N-ethyl adjacent to an activating group) is 2. The van der Waals surface area contributed by atoms with Gasteiger partial charge >= 0.3 is 0 Å². The van der Waals surface area contributed by atoms with Crippen molar-refractivity contribution in [2.45, 2.75) is 18.9 Å². The Morgan fingerprint density at radius 3 is 2.76 bits per heavy atom. The molecule has 0 saturated carbocycles. The lowest BCUT2D eigenvalue weighted by Crippen LogP contribution is -2.41. The Morgan fingerprint density at radius 2 is 2.19 bits per heavy atom. The van der Waals surface area contributed by atoms with Gasteiger partial charge in [-0.1, -0.05) is 0 Å². The second kappa shape index (κ2) is 7.09. The summed E-state index contributed by atoms with van der Waals surface area (Å²) in [6, 6.07) is 9.26. The molecule has 1 aliphatic heterocycles. The van der Waals surface area contributed by atoms with Crippen LogP contribution in [0.2, 0.25) is 0 Å². The van der Waals surface area contributed by atoms with Crippen LogP contribution in [0, 0.1) is 11.3 Å². The molecular weight excluding hydrogens is 266 g/mol. The molecule has 1 fully saturated rings. The number of nitriles is 1. The molecule has 0 bridgehead atoms. The molecule has 2 rings (SSSR count). The van der Waals surface area contributed by atoms with Crippen molar-refractivity contribution < 1.29 is 9.53 Å². The number of carbonyl (C=O) groups is 1. The summed E-state index contributed by atoms with van der Waals surface area (Å²) < 4.78 is 5.47. The van der Waals surface area contributed by atoms with E-state index in [2.05, 4.69) is 11.9 Å². The van der Waals surface area contributed by atoms with E-state index in [1.54, 1.807) is 29.2 Å². The third-order valence-electron chi connectivity index (χ3n) is 3.93. The average molecular weight is 287 g/mol. The van der Waals surface area contributed by atoms with Gasteiger partial charge in [-0.3, -0.25) is 4.79 Å². The van der Waals surface area contributed by atoms with Crippen molar-refractivity contribution in [2.75, 3.05) is 33.8 Å². The van der Waals surface area contributed by atoms with E-state index in [0.29, 0.717) is 17.4 Å².